The van der Waals surface area contributed by atoms with Crippen molar-refractivity contribution < 1.29 is 4.74 Å². The van der Waals surface area contributed by atoms with Gasteiger partial charge in [0.15, 0.2) is 0 Å². The maximum atomic E-state index is 5.49. The first-order chi connectivity index (χ1) is 8.79. The van der Waals surface area contributed by atoms with Crippen molar-refractivity contribution in [1.29, 1.82) is 0 Å². The third-order valence-corrected chi connectivity index (χ3v) is 4.90. The topological polar surface area (TPSA) is 24.5 Å². The summed E-state index contributed by atoms with van der Waals surface area (Å²) in [7, 11) is 0. The molecule has 2 aliphatic rings. The molecule has 0 aromatic carbocycles. The molecule has 0 bridgehead atoms. The van der Waals surface area contributed by atoms with E-state index in [1.165, 1.54) is 25.9 Å². The van der Waals surface area contributed by atoms with Crippen LogP contribution in [-0.2, 0) is 4.74 Å². The van der Waals surface area contributed by atoms with Gasteiger partial charge in [-0.3, -0.25) is 4.90 Å². The summed E-state index contributed by atoms with van der Waals surface area (Å²) < 4.78 is 5.49. The van der Waals surface area contributed by atoms with Crippen molar-refractivity contribution in [1.82, 2.24) is 10.2 Å². The van der Waals surface area contributed by atoms with E-state index in [1.807, 2.05) is 0 Å². The van der Waals surface area contributed by atoms with E-state index < -0.39 is 0 Å². The van der Waals surface area contributed by atoms with Crippen molar-refractivity contribution in [3.63, 3.8) is 0 Å². The zero-order valence-electron chi connectivity index (χ0n) is 13.5. The van der Waals surface area contributed by atoms with Crippen LogP contribution >= 0.6 is 0 Å². The van der Waals surface area contributed by atoms with Crippen molar-refractivity contribution in [3.8, 4) is 0 Å². The Morgan fingerprint density at radius 1 is 1.21 bits per heavy atom. The van der Waals surface area contributed by atoms with Gasteiger partial charge in [-0.2, -0.15) is 0 Å². The summed E-state index contributed by atoms with van der Waals surface area (Å²) in [6.45, 7) is 17.2. The van der Waals surface area contributed by atoms with E-state index in [1.54, 1.807) is 0 Å². The molecule has 1 atom stereocenters. The molecule has 3 nitrogen and oxygen atoms in total. The highest BCUT2D eigenvalue weighted by Gasteiger charge is 2.38. The molecule has 1 N–H and O–H groups in total. The van der Waals surface area contributed by atoms with Crippen LogP contribution in [0.1, 0.15) is 47.5 Å². The van der Waals surface area contributed by atoms with E-state index in [2.05, 4.69) is 44.8 Å². The Balaban J connectivity index is 1.98. The van der Waals surface area contributed by atoms with Crippen LogP contribution in [0, 0.1) is 11.3 Å². The molecule has 0 spiro atoms. The lowest BCUT2D eigenvalue weighted by Crippen LogP contribution is -2.65. The van der Waals surface area contributed by atoms with Crippen molar-refractivity contribution in [2.24, 2.45) is 11.3 Å². The molecule has 0 aromatic heterocycles. The molecule has 0 aromatic rings. The van der Waals surface area contributed by atoms with Gasteiger partial charge in [0.2, 0.25) is 0 Å². The van der Waals surface area contributed by atoms with E-state index in [0.717, 1.165) is 25.7 Å². The molecule has 112 valence electrons. The number of rotatable bonds is 2. The van der Waals surface area contributed by atoms with Crippen molar-refractivity contribution in [3.05, 3.63) is 0 Å². The first kappa shape index (κ1) is 15.3. The molecule has 2 aliphatic heterocycles. The molecule has 2 heterocycles. The van der Waals surface area contributed by atoms with Gasteiger partial charge in [0.25, 0.3) is 0 Å². The monoisotopic (exact) mass is 268 g/mol. The van der Waals surface area contributed by atoms with E-state index in [0.29, 0.717) is 11.5 Å². The summed E-state index contributed by atoms with van der Waals surface area (Å²) in [5, 5.41) is 3.75. The summed E-state index contributed by atoms with van der Waals surface area (Å²) in [5.41, 5.74) is 0.616. The summed E-state index contributed by atoms with van der Waals surface area (Å²) >= 11 is 0. The van der Waals surface area contributed by atoms with Crippen molar-refractivity contribution >= 4 is 0 Å². The number of hydrogen-bond acceptors (Lipinski definition) is 3. The first-order valence-electron chi connectivity index (χ1n) is 7.85. The Labute approximate surface area is 119 Å². The van der Waals surface area contributed by atoms with Crippen molar-refractivity contribution in [2.75, 3.05) is 32.8 Å². The quantitative estimate of drug-likeness (QED) is 0.833. The summed E-state index contributed by atoms with van der Waals surface area (Å²) in [4.78, 5) is 2.72. The molecular formula is C16H32N2O. The minimum Gasteiger partial charge on any atom is -0.381 e. The minimum absolute atomic E-state index is 0.278. The summed E-state index contributed by atoms with van der Waals surface area (Å²) in [5.74, 6) is 0.826. The van der Waals surface area contributed by atoms with Crippen LogP contribution in [0.5, 0.6) is 0 Å². The minimum atomic E-state index is 0.278. The molecule has 0 aliphatic carbocycles. The van der Waals surface area contributed by atoms with Crippen LogP contribution in [0.3, 0.4) is 0 Å². The molecule has 1 unspecified atom stereocenters. The standard InChI is InChI=1S/C16H32N2O/c1-15(2,3)14-11-18(16(4,5)12-17-14)10-13-6-8-19-9-7-13/h13-14,17H,6-12H2,1-5H3. The number of hydrogen-bond donors (Lipinski definition) is 1. The maximum Gasteiger partial charge on any atom is 0.0469 e. The van der Waals surface area contributed by atoms with Crippen LogP contribution in [0.4, 0.5) is 0 Å². The second kappa shape index (κ2) is 5.71. The summed E-state index contributed by atoms with van der Waals surface area (Å²) in [6, 6.07) is 0.598. The van der Waals surface area contributed by atoms with Gasteiger partial charge in [-0.05, 0) is 38.0 Å². The van der Waals surface area contributed by atoms with E-state index >= 15 is 0 Å². The number of ether oxygens (including phenoxy) is 1. The highest BCUT2D eigenvalue weighted by atomic mass is 16.5. The van der Waals surface area contributed by atoms with Gasteiger partial charge in [0, 0.05) is 44.4 Å². The molecular weight excluding hydrogens is 236 g/mol. The third-order valence-electron chi connectivity index (χ3n) is 4.90. The normalized spacial score (nSPS) is 30.5. The fourth-order valence-corrected chi connectivity index (χ4v) is 3.16. The van der Waals surface area contributed by atoms with Gasteiger partial charge < -0.3 is 10.1 Å². The Bertz CT molecular complexity index is 290. The van der Waals surface area contributed by atoms with Crippen LogP contribution in [0.25, 0.3) is 0 Å². The maximum absolute atomic E-state index is 5.49. The second-order valence-corrected chi connectivity index (χ2v) is 8.07. The highest BCUT2D eigenvalue weighted by Crippen LogP contribution is 2.29. The molecule has 0 saturated carbocycles. The van der Waals surface area contributed by atoms with Crippen molar-refractivity contribution in [2.45, 2.75) is 59.0 Å². The average Bonchev–Trinajstić information content (AvgIpc) is 2.31. The molecule has 0 radical (unpaired) electrons. The van der Waals surface area contributed by atoms with E-state index in [-0.39, 0.29) is 5.54 Å². The lowest BCUT2D eigenvalue weighted by Gasteiger charge is -2.50. The Hall–Kier alpha value is -0.120. The van der Waals surface area contributed by atoms with Gasteiger partial charge in [0.05, 0.1) is 0 Å². The van der Waals surface area contributed by atoms with Gasteiger partial charge in [-0.25, -0.2) is 0 Å². The lowest BCUT2D eigenvalue weighted by molar-refractivity contribution is -0.00154. The van der Waals surface area contributed by atoms with Crippen LogP contribution < -0.4 is 5.32 Å². The van der Waals surface area contributed by atoms with Crippen LogP contribution in [0.15, 0.2) is 0 Å². The zero-order chi connectivity index (χ0) is 14.1. The molecule has 2 rings (SSSR count). The smallest absolute Gasteiger partial charge is 0.0469 e. The number of piperazine rings is 1. The van der Waals surface area contributed by atoms with E-state index in [9.17, 15) is 0 Å². The SMILES string of the molecule is CC(C)(C)C1CN(CC2CCOCC2)C(C)(C)CN1. The highest BCUT2D eigenvalue weighted by molar-refractivity contribution is 4.97. The molecule has 3 heteroatoms. The van der Waals surface area contributed by atoms with Gasteiger partial charge in [-0.1, -0.05) is 20.8 Å². The predicted molar refractivity (Wildman–Crippen MR) is 80.4 cm³/mol. The first-order valence-corrected chi connectivity index (χ1v) is 7.85. The van der Waals surface area contributed by atoms with Crippen LogP contribution in [-0.4, -0.2) is 49.3 Å². The predicted octanol–water partition coefficient (Wildman–Crippen LogP) is 2.51. The third kappa shape index (κ3) is 3.93. The molecule has 0 amide bonds. The average molecular weight is 268 g/mol. The number of nitrogens with zero attached hydrogens (tertiary/aromatic N) is 1. The molecule has 2 fully saturated rings. The van der Waals surface area contributed by atoms with E-state index in [4.69, 9.17) is 4.74 Å². The second-order valence-electron chi connectivity index (χ2n) is 8.07. The fraction of sp³-hybridized carbons (Fsp3) is 1.00. The lowest BCUT2D eigenvalue weighted by atomic mass is 9.82. The Morgan fingerprint density at radius 3 is 2.42 bits per heavy atom. The Kier molecular flexibility index (Phi) is 4.59. The molecule has 19 heavy (non-hydrogen) atoms. The van der Waals surface area contributed by atoms with Crippen LogP contribution in [0.2, 0.25) is 0 Å². The summed E-state index contributed by atoms with van der Waals surface area (Å²) in [6.07, 6.45) is 2.47. The van der Waals surface area contributed by atoms with Gasteiger partial charge in [-0.15, -0.1) is 0 Å². The molecule has 2 saturated heterocycles. The number of nitrogens with one attached hydrogen (secondary N) is 1. The largest absolute Gasteiger partial charge is 0.381 e. The van der Waals surface area contributed by atoms with Gasteiger partial charge in [0.1, 0.15) is 0 Å². The Morgan fingerprint density at radius 2 is 1.84 bits per heavy atom. The van der Waals surface area contributed by atoms with Gasteiger partial charge >= 0.3 is 0 Å². The zero-order valence-corrected chi connectivity index (χ0v) is 13.5. The fourth-order valence-electron chi connectivity index (χ4n) is 3.16.